The van der Waals surface area contributed by atoms with Crippen LogP contribution >= 0.6 is 0 Å². The van der Waals surface area contributed by atoms with E-state index >= 15 is 0 Å². The summed E-state index contributed by atoms with van der Waals surface area (Å²) in [6, 6.07) is 18.0. The highest BCUT2D eigenvalue weighted by atomic mass is 16.5. The van der Waals surface area contributed by atoms with Gasteiger partial charge in [0.05, 0.1) is 25.5 Å². The number of nitrogens with zero attached hydrogens (tertiary/aromatic N) is 4. The van der Waals surface area contributed by atoms with Crippen molar-refractivity contribution in [2.45, 2.75) is 33.1 Å². The highest BCUT2D eigenvalue weighted by molar-refractivity contribution is 5.58. The van der Waals surface area contributed by atoms with Crippen LogP contribution in [0.3, 0.4) is 0 Å². The Kier molecular flexibility index (Phi) is 4.80. The second-order valence-electron chi connectivity index (χ2n) is 7.29. The molecule has 0 unspecified atom stereocenters. The first-order valence-corrected chi connectivity index (χ1v) is 10.0. The minimum atomic E-state index is -0.0632. The van der Waals surface area contributed by atoms with E-state index in [1.54, 1.807) is 0 Å². The third-order valence-electron chi connectivity index (χ3n) is 5.15. The average Bonchev–Trinajstić information content (AvgIpc) is 3.42. The van der Waals surface area contributed by atoms with Crippen LogP contribution < -0.4 is 4.74 Å². The first-order chi connectivity index (χ1) is 14.7. The van der Waals surface area contributed by atoms with Crippen LogP contribution in [0, 0.1) is 6.92 Å². The molecule has 0 saturated carbocycles. The Labute approximate surface area is 174 Å². The van der Waals surface area contributed by atoms with Gasteiger partial charge >= 0.3 is 0 Å². The molecule has 0 N–H and O–H groups in total. The standard InChI is InChI=1S/C23H22N4O3/c1-3-28-19-10-8-16(9-11-19)21-13-27-18(14-29-21)12-20(25-27)23-24-22(26-30-23)17-6-4-15(2)5-7-17/h4-12,21H,3,13-14H2,1-2H3/t21-/m1/s1. The summed E-state index contributed by atoms with van der Waals surface area (Å²) in [6.07, 6.45) is -0.0632. The minimum Gasteiger partial charge on any atom is -0.494 e. The number of benzene rings is 2. The number of aryl methyl sites for hydroxylation is 1. The number of fused-ring (bicyclic) bond motifs is 1. The smallest absolute Gasteiger partial charge is 0.278 e. The van der Waals surface area contributed by atoms with Crippen LogP contribution in [0.2, 0.25) is 0 Å². The molecular weight excluding hydrogens is 380 g/mol. The van der Waals surface area contributed by atoms with Gasteiger partial charge in [0.25, 0.3) is 5.89 Å². The van der Waals surface area contributed by atoms with E-state index in [9.17, 15) is 0 Å². The van der Waals surface area contributed by atoms with E-state index in [2.05, 4.69) is 15.2 Å². The Hall–Kier alpha value is -3.45. The van der Waals surface area contributed by atoms with E-state index in [1.165, 1.54) is 5.56 Å². The molecule has 3 heterocycles. The van der Waals surface area contributed by atoms with Gasteiger partial charge in [-0.15, -0.1) is 0 Å². The fraction of sp³-hybridized carbons (Fsp3) is 0.261. The average molecular weight is 402 g/mol. The molecular formula is C23H22N4O3. The lowest BCUT2D eigenvalue weighted by atomic mass is 10.1. The van der Waals surface area contributed by atoms with E-state index in [-0.39, 0.29) is 6.10 Å². The molecule has 2 aromatic carbocycles. The second kappa shape index (κ2) is 7.76. The first-order valence-electron chi connectivity index (χ1n) is 10.0. The normalized spacial score (nSPS) is 15.7. The molecule has 0 bridgehead atoms. The van der Waals surface area contributed by atoms with Crippen molar-refractivity contribution >= 4 is 0 Å². The molecule has 7 heteroatoms. The van der Waals surface area contributed by atoms with Gasteiger partial charge in [-0.1, -0.05) is 47.1 Å². The molecule has 1 atom stereocenters. The van der Waals surface area contributed by atoms with Crippen molar-refractivity contribution in [2.75, 3.05) is 6.61 Å². The number of hydrogen-bond acceptors (Lipinski definition) is 6. The highest BCUT2D eigenvalue weighted by Crippen LogP contribution is 2.30. The van der Waals surface area contributed by atoms with Crippen molar-refractivity contribution in [1.82, 2.24) is 19.9 Å². The maximum atomic E-state index is 6.06. The second-order valence-corrected chi connectivity index (χ2v) is 7.29. The van der Waals surface area contributed by atoms with Gasteiger partial charge in [-0.3, -0.25) is 4.68 Å². The maximum absolute atomic E-state index is 6.06. The van der Waals surface area contributed by atoms with E-state index in [1.807, 2.05) is 73.1 Å². The lowest BCUT2D eigenvalue weighted by Crippen LogP contribution is -2.21. The summed E-state index contributed by atoms with van der Waals surface area (Å²) in [7, 11) is 0. The summed E-state index contributed by atoms with van der Waals surface area (Å²) >= 11 is 0. The highest BCUT2D eigenvalue weighted by Gasteiger charge is 2.24. The zero-order chi connectivity index (χ0) is 20.5. The van der Waals surface area contributed by atoms with Crippen LogP contribution in [-0.4, -0.2) is 26.5 Å². The largest absolute Gasteiger partial charge is 0.494 e. The molecule has 152 valence electrons. The minimum absolute atomic E-state index is 0.0632. The summed E-state index contributed by atoms with van der Waals surface area (Å²) in [6.45, 7) is 5.78. The molecule has 0 radical (unpaired) electrons. The summed E-state index contributed by atoms with van der Waals surface area (Å²) in [4.78, 5) is 4.52. The first kappa shape index (κ1) is 18.6. The molecule has 30 heavy (non-hydrogen) atoms. The fourth-order valence-corrected chi connectivity index (χ4v) is 3.52. The Morgan fingerprint density at radius 2 is 1.90 bits per heavy atom. The Morgan fingerprint density at radius 1 is 1.10 bits per heavy atom. The summed E-state index contributed by atoms with van der Waals surface area (Å²) < 4.78 is 19.0. The predicted octanol–water partition coefficient (Wildman–Crippen LogP) is 4.58. The van der Waals surface area contributed by atoms with Crippen LogP contribution in [0.5, 0.6) is 5.75 Å². The van der Waals surface area contributed by atoms with Gasteiger partial charge in [0.2, 0.25) is 5.82 Å². The molecule has 1 aliphatic rings. The molecule has 7 nitrogen and oxygen atoms in total. The molecule has 0 aliphatic carbocycles. The SMILES string of the molecule is CCOc1ccc([C@H]2Cn3nc(-c4nc(-c5ccc(C)cc5)no4)cc3CO2)cc1. The van der Waals surface area contributed by atoms with Gasteiger partial charge in [-0.05, 0) is 37.6 Å². The summed E-state index contributed by atoms with van der Waals surface area (Å²) in [5, 5.41) is 8.79. The van der Waals surface area contributed by atoms with Gasteiger partial charge in [-0.2, -0.15) is 10.1 Å². The zero-order valence-electron chi connectivity index (χ0n) is 16.9. The fourth-order valence-electron chi connectivity index (χ4n) is 3.52. The molecule has 0 saturated heterocycles. The topological polar surface area (TPSA) is 75.2 Å². The molecule has 4 aromatic rings. The summed E-state index contributed by atoms with van der Waals surface area (Å²) in [5.41, 5.74) is 4.85. The monoisotopic (exact) mass is 402 g/mol. The Morgan fingerprint density at radius 3 is 2.67 bits per heavy atom. The van der Waals surface area contributed by atoms with Crippen LogP contribution in [0.1, 0.15) is 29.8 Å². The van der Waals surface area contributed by atoms with Crippen LogP contribution in [0.25, 0.3) is 23.0 Å². The van der Waals surface area contributed by atoms with Crippen molar-refractivity contribution in [3.63, 3.8) is 0 Å². The number of aromatic nitrogens is 4. The molecule has 0 spiro atoms. The Bertz CT molecular complexity index is 1150. The number of ether oxygens (including phenoxy) is 2. The van der Waals surface area contributed by atoms with Gasteiger partial charge < -0.3 is 14.0 Å². The zero-order valence-corrected chi connectivity index (χ0v) is 16.9. The molecule has 0 fully saturated rings. The molecule has 2 aromatic heterocycles. The third kappa shape index (κ3) is 3.59. The van der Waals surface area contributed by atoms with Crippen LogP contribution in [0.15, 0.2) is 59.1 Å². The summed E-state index contributed by atoms with van der Waals surface area (Å²) in [5.74, 6) is 1.82. The maximum Gasteiger partial charge on any atom is 0.278 e. The predicted molar refractivity (Wildman–Crippen MR) is 111 cm³/mol. The quantitative estimate of drug-likeness (QED) is 0.486. The van der Waals surface area contributed by atoms with Gasteiger partial charge in [0.15, 0.2) is 5.69 Å². The number of hydrogen-bond donors (Lipinski definition) is 0. The third-order valence-corrected chi connectivity index (χ3v) is 5.15. The van der Waals surface area contributed by atoms with E-state index < -0.39 is 0 Å². The van der Waals surface area contributed by atoms with Crippen molar-refractivity contribution in [3.8, 4) is 28.7 Å². The lowest BCUT2D eigenvalue weighted by Gasteiger charge is -2.24. The van der Waals surface area contributed by atoms with Crippen molar-refractivity contribution in [2.24, 2.45) is 0 Å². The van der Waals surface area contributed by atoms with E-state index in [0.29, 0.717) is 37.2 Å². The van der Waals surface area contributed by atoms with Crippen LogP contribution in [-0.2, 0) is 17.9 Å². The van der Waals surface area contributed by atoms with E-state index in [4.69, 9.17) is 14.0 Å². The van der Waals surface area contributed by atoms with Crippen molar-refractivity contribution < 1.29 is 14.0 Å². The molecule has 1 aliphatic heterocycles. The van der Waals surface area contributed by atoms with Gasteiger partial charge in [-0.25, -0.2) is 0 Å². The Balaban J connectivity index is 1.34. The molecule has 5 rings (SSSR count). The van der Waals surface area contributed by atoms with Gasteiger partial charge in [0, 0.05) is 5.56 Å². The van der Waals surface area contributed by atoms with E-state index in [0.717, 1.165) is 22.6 Å². The van der Waals surface area contributed by atoms with Crippen molar-refractivity contribution in [3.05, 3.63) is 71.4 Å². The number of rotatable bonds is 5. The molecule has 0 amide bonds. The van der Waals surface area contributed by atoms with Crippen molar-refractivity contribution in [1.29, 1.82) is 0 Å². The lowest BCUT2D eigenvalue weighted by molar-refractivity contribution is -0.00115. The van der Waals surface area contributed by atoms with Crippen LogP contribution in [0.4, 0.5) is 0 Å². The van der Waals surface area contributed by atoms with Gasteiger partial charge in [0.1, 0.15) is 11.9 Å².